The van der Waals surface area contributed by atoms with Crippen molar-refractivity contribution in [1.82, 2.24) is 0 Å². The van der Waals surface area contributed by atoms with Crippen molar-refractivity contribution >= 4 is 23.2 Å². The molecule has 0 saturated heterocycles. The summed E-state index contributed by atoms with van der Waals surface area (Å²) in [7, 11) is 0. The maximum absolute atomic E-state index is 12.6. The van der Waals surface area contributed by atoms with Crippen LogP contribution in [0.15, 0.2) is 36.4 Å². The fraction of sp³-hybridized carbons (Fsp3) is 0.231. The molecule has 2 aromatic rings. The van der Waals surface area contributed by atoms with Crippen molar-refractivity contribution < 1.29 is 69.1 Å². The normalized spacial score (nSPS) is 11.5. The topological polar surface area (TPSA) is 9.23 Å². The van der Waals surface area contributed by atoms with E-state index in [9.17, 15) is 12.9 Å². The molecule has 0 unspecified atom stereocenters. The zero-order valence-electron chi connectivity index (χ0n) is 11.2. The summed E-state index contributed by atoms with van der Waals surface area (Å²) < 4.78 is 43.3. The number of hydrogen-bond donors (Lipinski definition) is 0. The third-order valence-electron chi connectivity index (χ3n) is 2.59. The van der Waals surface area contributed by atoms with E-state index in [1.807, 2.05) is 13.8 Å². The summed E-state index contributed by atoms with van der Waals surface area (Å²) in [6.45, 7) is -1.14. The van der Waals surface area contributed by atoms with Gasteiger partial charge in [-0.2, -0.15) is 0 Å². The van der Waals surface area contributed by atoms with Crippen LogP contribution in [0.3, 0.4) is 0 Å². The molecule has 0 aliphatic carbocycles. The number of hydrogen-bond acceptors (Lipinski definition) is 1. The van der Waals surface area contributed by atoms with Crippen molar-refractivity contribution in [3.05, 3.63) is 36.4 Å². The molecule has 0 amide bonds. The largest absolute Gasteiger partial charge is 1.00 e. The molecule has 2 aromatic carbocycles. The second-order valence-corrected chi connectivity index (χ2v) is 4.51. The Morgan fingerprint density at radius 1 is 0.947 bits per heavy atom. The molecular weight excluding hydrogens is 279 g/mol. The first-order chi connectivity index (χ1) is 8.36. The quantitative estimate of drug-likeness (QED) is 0.756. The minimum Gasteiger partial charge on any atom is -0.491 e. The maximum Gasteiger partial charge on any atom is 1.00 e. The third-order valence-corrected chi connectivity index (χ3v) is 2.59. The van der Waals surface area contributed by atoms with E-state index in [0.717, 1.165) is 11.5 Å². The molecule has 2 rings (SSSR count). The van der Waals surface area contributed by atoms with Crippen LogP contribution in [0.1, 0.15) is 13.8 Å². The van der Waals surface area contributed by atoms with Crippen LogP contribution in [0.5, 0.6) is 5.75 Å². The average molecular weight is 292 g/mol. The van der Waals surface area contributed by atoms with Gasteiger partial charge in [-0.25, -0.2) is 0 Å². The van der Waals surface area contributed by atoms with Gasteiger partial charge in [-0.05, 0) is 36.8 Å². The molecule has 96 valence electrons. The first-order valence-corrected chi connectivity index (χ1v) is 5.76. The monoisotopic (exact) mass is 292 g/mol. The van der Waals surface area contributed by atoms with Crippen LogP contribution in [0.4, 0.5) is 12.9 Å². The Balaban J connectivity index is 0.00000180. The smallest absolute Gasteiger partial charge is 0.491 e. The molecule has 0 atom stereocenters. The van der Waals surface area contributed by atoms with E-state index in [1.54, 1.807) is 18.2 Å². The van der Waals surface area contributed by atoms with Crippen molar-refractivity contribution in [2.75, 3.05) is 0 Å². The molecule has 6 heteroatoms. The van der Waals surface area contributed by atoms with Crippen molar-refractivity contribution in [1.29, 1.82) is 0 Å². The van der Waals surface area contributed by atoms with Crippen LogP contribution in [-0.2, 0) is 0 Å². The van der Waals surface area contributed by atoms with Gasteiger partial charge in [0.25, 0.3) is 0 Å². The summed E-state index contributed by atoms with van der Waals surface area (Å²) in [4.78, 5) is 0. The van der Waals surface area contributed by atoms with Gasteiger partial charge in [-0.1, -0.05) is 24.3 Å². The van der Waals surface area contributed by atoms with Gasteiger partial charge in [0, 0.05) is 0 Å². The number of fused-ring (bicyclic) bond motifs is 1. The predicted molar refractivity (Wildman–Crippen MR) is 68.4 cm³/mol. The molecule has 0 aliphatic heterocycles. The van der Waals surface area contributed by atoms with E-state index >= 15 is 0 Å². The molecule has 1 nitrogen and oxygen atoms in total. The zero-order valence-corrected chi connectivity index (χ0v) is 14.3. The van der Waals surface area contributed by atoms with E-state index in [-0.39, 0.29) is 57.5 Å². The summed E-state index contributed by atoms with van der Waals surface area (Å²) in [5.74, 6) is 0.669. The summed E-state index contributed by atoms with van der Waals surface area (Å²) in [5.41, 5.74) is -0.569. The Morgan fingerprint density at radius 3 is 2.11 bits per heavy atom. The van der Waals surface area contributed by atoms with Crippen LogP contribution in [0, 0.1) is 0 Å². The van der Waals surface area contributed by atoms with Gasteiger partial charge in [0.15, 0.2) is 0 Å². The van der Waals surface area contributed by atoms with Crippen LogP contribution >= 0.6 is 0 Å². The van der Waals surface area contributed by atoms with Gasteiger partial charge in [0.05, 0.1) is 6.10 Å². The fourth-order valence-electron chi connectivity index (χ4n) is 1.79. The number of rotatable bonds is 3. The number of ether oxygens (including phenoxy) is 1. The molecule has 0 saturated carbocycles. The summed E-state index contributed by atoms with van der Waals surface area (Å²) in [6.07, 6.45) is 0.0419. The van der Waals surface area contributed by atoms with E-state index in [4.69, 9.17) is 4.74 Å². The van der Waals surface area contributed by atoms with Crippen LogP contribution < -0.4 is 61.6 Å². The molecular formula is C13H13BF3KO. The molecule has 0 aromatic heterocycles. The van der Waals surface area contributed by atoms with Crippen molar-refractivity contribution in [2.24, 2.45) is 0 Å². The van der Waals surface area contributed by atoms with Crippen LogP contribution in [0.2, 0.25) is 0 Å². The maximum atomic E-state index is 12.6. The first kappa shape index (κ1) is 17.0. The van der Waals surface area contributed by atoms with E-state index in [1.165, 1.54) is 12.1 Å². The summed E-state index contributed by atoms with van der Waals surface area (Å²) in [5, 5.41) is 1.32. The van der Waals surface area contributed by atoms with Gasteiger partial charge in [0.2, 0.25) is 0 Å². The predicted octanol–water partition coefficient (Wildman–Crippen LogP) is 0.685. The van der Waals surface area contributed by atoms with Crippen molar-refractivity contribution in [3.8, 4) is 5.75 Å². The molecule has 0 fully saturated rings. The number of halogens is 3. The van der Waals surface area contributed by atoms with E-state index < -0.39 is 12.4 Å². The van der Waals surface area contributed by atoms with Crippen molar-refractivity contribution in [3.63, 3.8) is 0 Å². The zero-order chi connectivity index (χ0) is 13.3. The van der Waals surface area contributed by atoms with Gasteiger partial charge in [0.1, 0.15) is 5.75 Å². The summed E-state index contributed by atoms with van der Waals surface area (Å²) >= 11 is 0. The van der Waals surface area contributed by atoms with Crippen molar-refractivity contribution in [2.45, 2.75) is 20.0 Å². The van der Waals surface area contributed by atoms with Gasteiger partial charge >= 0.3 is 58.4 Å². The van der Waals surface area contributed by atoms with Gasteiger partial charge in [-0.15, -0.1) is 5.46 Å². The minimum atomic E-state index is -4.94. The fourth-order valence-corrected chi connectivity index (χ4v) is 1.79. The van der Waals surface area contributed by atoms with E-state index in [0.29, 0.717) is 11.1 Å². The second kappa shape index (κ2) is 6.63. The van der Waals surface area contributed by atoms with Gasteiger partial charge in [-0.3, -0.25) is 0 Å². The standard InChI is InChI=1S/C13H13BF3O.K/c1-9(2)18-13-6-4-10-7-12(14(15,16)17)5-3-11(10)8-13;/h3-9H,1-2H3;/q-1;+1. The minimum absolute atomic E-state index is 0. The Hall–Kier alpha value is -0.00870. The molecule has 0 bridgehead atoms. The SMILES string of the molecule is CC(C)Oc1ccc2cc([B-](F)(F)F)ccc2c1.[K+]. The van der Waals surface area contributed by atoms with Gasteiger partial charge < -0.3 is 17.7 Å². The Labute approximate surface area is 153 Å². The molecule has 0 N–H and O–H groups in total. The third kappa shape index (κ3) is 4.50. The van der Waals surface area contributed by atoms with E-state index in [2.05, 4.69) is 0 Å². The Morgan fingerprint density at radius 2 is 1.53 bits per heavy atom. The average Bonchev–Trinajstić information content (AvgIpc) is 2.26. The van der Waals surface area contributed by atoms with Crippen LogP contribution in [0.25, 0.3) is 10.8 Å². The van der Waals surface area contributed by atoms with Crippen LogP contribution in [-0.4, -0.2) is 13.1 Å². The summed E-state index contributed by atoms with van der Waals surface area (Å²) in [6, 6.07) is 8.86. The Kier molecular flexibility index (Phi) is 5.95. The molecule has 0 spiro atoms. The molecule has 0 heterocycles. The molecule has 0 aliphatic rings. The molecule has 19 heavy (non-hydrogen) atoms. The molecule has 0 radical (unpaired) electrons. The Bertz CT molecular complexity index is 569. The second-order valence-electron chi connectivity index (χ2n) is 4.51. The number of benzene rings is 2. The first-order valence-electron chi connectivity index (χ1n) is 5.76.